The van der Waals surface area contributed by atoms with E-state index in [0.29, 0.717) is 5.13 Å². The molecule has 2 N–H and O–H groups in total. The Morgan fingerprint density at radius 1 is 1.35 bits per heavy atom. The van der Waals surface area contributed by atoms with E-state index < -0.39 is 0 Å². The molecule has 1 saturated heterocycles. The third-order valence-electron chi connectivity index (χ3n) is 3.48. The van der Waals surface area contributed by atoms with E-state index in [0.717, 1.165) is 17.5 Å². The summed E-state index contributed by atoms with van der Waals surface area (Å²) < 4.78 is 0. The van der Waals surface area contributed by atoms with Gasteiger partial charge in [0.05, 0.1) is 6.54 Å². The molecule has 1 aromatic heterocycles. The van der Waals surface area contributed by atoms with Crippen LogP contribution in [0.3, 0.4) is 0 Å². The molecule has 2 heterocycles. The molecule has 5 heteroatoms. The quantitative estimate of drug-likeness (QED) is 0.897. The van der Waals surface area contributed by atoms with Gasteiger partial charge in [0, 0.05) is 0 Å². The Labute approximate surface area is 107 Å². The van der Waals surface area contributed by atoms with Gasteiger partial charge in [-0.3, -0.25) is 4.90 Å². The van der Waals surface area contributed by atoms with E-state index in [9.17, 15) is 0 Å². The molecular weight excluding hydrogens is 232 g/mol. The van der Waals surface area contributed by atoms with Crippen LogP contribution in [0.1, 0.15) is 44.0 Å². The number of anilines is 1. The molecule has 0 saturated carbocycles. The molecule has 1 unspecified atom stereocenters. The number of aromatic nitrogens is 2. The van der Waals surface area contributed by atoms with Crippen LogP contribution in [-0.4, -0.2) is 28.2 Å². The van der Waals surface area contributed by atoms with Gasteiger partial charge >= 0.3 is 0 Å². The van der Waals surface area contributed by atoms with Crippen molar-refractivity contribution in [3.05, 3.63) is 5.01 Å². The summed E-state index contributed by atoms with van der Waals surface area (Å²) in [5, 5.41) is 9.60. The molecule has 0 aromatic carbocycles. The molecule has 1 aliphatic rings. The van der Waals surface area contributed by atoms with Crippen LogP contribution in [0.25, 0.3) is 0 Å². The van der Waals surface area contributed by atoms with E-state index in [1.807, 2.05) is 0 Å². The topological polar surface area (TPSA) is 55.0 Å². The first-order valence-electron chi connectivity index (χ1n) is 6.58. The second kappa shape index (κ2) is 6.31. The summed E-state index contributed by atoms with van der Waals surface area (Å²) in [5.74, 6) is 0.935. The molecule has 2 rings (SSSR count). The maximum atomic E-state index is 5.60. The predicted octanol–water partition coefficient (Wildman–Crippen LogP) is 2.52. The minimum Gasteiger partial charge on any atom is -0.374 e. The predicted molar refractivity (Wildman–Crippen MR) is 71.8 cm³/mol. The van der Waals surface area contributed by atoms with Crippen molar-refractivity contribution in [3.8, 4) is 0 Å². The lowest BCUT2D eigenvalue weighted by molar-refractivity contribution is 0.270. The van der Waals surface area contributed by atoms with E-state index in [1.165, 1.54) is 56.5 Å². The Balaban J connectivity index is 1.82. The molecule has 0 amide bonds. The van der Waals surface area contributed by atoms with Crippen molar-refractivity contribution in [1.82, 2.24) is 15.1 Å². The molecule has 1 aromatic rings. The molecule has 0 radical (unpaired) electrons. The third kappa shape index (κ3) is 3.92. The van der Waals surface area contributed by atoms with E-state index >= 15 is 0 Å². The molecule has 0 spiro atoms. The molecule has 4 nitrogen and oxygen atoms in total. The molecule has 0 aliphatic carbocycles. The molecule has 1 fully saturated rings. The van der Waals surface area contributed by atoms with Gasteiger partial charge in [0.2, 0.25) is 5.13 Å². The summed E-state index contributed by atoms with van der Waals surface area (Å²) in [6.07, 6.45) is 6.75. The van der Waals surface area contributed by atoms with Crippen molar-refractivity contribution in [2.75, 3.05) is 18.8 Å². The zero-order chi connectivity index (χ0) is 12.1. The summed E-state index contributed by atoms with van der Waals surface area (Å²) in [7, 11) is 0. The molecule has 96 valence electrons. The number of hydrogen-bond donors (Lipinski definition) is 1. The minimum absolute atomic E-state index is 0.582. The van der Waals surface area contributed by atoms with E-state index in [1.54, 1.807) is 0 Å². The lowest BCUT2D eigenvalue weighted by Gasteiger charge is -2.18. The van der Waals surface area contributed by atoms with Gasteiger partial charge in [0.25, 0.3) is 0 Å². The van der Waals surface area contributed by atoms with Crippen LogP contribution in [0.5, 0.6) is 0 Å². The first-order chi connectivity index (χ1) is 8.28. The van der Waals surface area contributed by atoms with Crippen molar-refractivity contribution in [2.24, 2.45) is 5.92 Å². The fourth-order valence-electron chi connectivity index (χ4n) is 2.60. The number of nitrogens with zero attached hydrogens (tertiary/aromatic N) is 3. The van der Waals surface area contributed by atoms with Gasteiger partial charge in [0.15, 0.2) is 0 Å². The standard InChI is InChI=1S/C12H22N4S/c1-2-4-10-5-3-7-16(8-6-10)9-11-14-15-12(13)17-11/h10H,2-9H2,1H3,(H2,13,15). The maximum Gasteiger partial charge on any atom is 0.203 e. The zero-order valence-electron chi connectivity index (χ0n) is 10.6. The van der Waals surface area contributed by atoms with Crippen LogP contribution >= 0.6 is 11.3 Å². The lowest BCUT2D eigenvalue weighted by atomic mass is 9.96. The van der Waals surface area contributed by atoms with Crippen LogP contribution in [0.2, 0.25) is 0 Å². The Hall–Kier alpha value is -0.680. The zero-order valence-corrected chi connectivity index (χ0v) is 11.4. The Bertz CT molecular complexity index is 339. The number of hydrogen-bond acceptors (Lipinski definition) is 5. The van der Waals surface area contributed by atoms with Crippen molar-refractivity contribution in [2.45, 2.75) is 45.6 Å². The highest BCUT2D eigenvalue weighted by atomic mass is 32.1. The van der Waals surface area contributed by atoms with Gasteiger partial charge in [-0.1, -0.05) is 31.1 Å². The molecular formula is C12H22N4S. The SMILES string of the molecule is CCCC1CCCN(Cc2nnc(N)s2)CC1. The highest BCUT2D eigenvalue weighted by molar-refractivity contribution is 7.15. The largest absolute Gasteiger partial charge is 0.374 e. The summed E-state index contributed by atoms with van der Waals surface area (Å²) in [4.78, 5) is 2.50. The average molecular weight is 254 g/mol. The van der Waals surface area contributed by atoms with Crippen LogP contribution < -0.4 is 5.73 Å². The normalized spacial score (nSPS) is 22.5. The fourth-order valence-corrected chi connectivity index (χ4v) is 3.25. The summed E-state index contributed by atoms with van der Waals surface area (Å²) in [6, 6.07) is 0. The smallest absolute Gasteiger partial charge is 0.203 e. The first-order valence-corrected chi connectivity index (χ1v) is 7.39. The molecule has 1 aliphatic heterocycles. The number of nitrogen functional groups attached to an aromatic ring is 1. The summed E-state index contributed by atoms with van der Waals surface area (Å²) in [6.45, 7) is 5.60. The van der Waals surface area contributed by atoms with Crippen LogP contribution in [-0.2, 0) is 6.54 Å². The van der Waals surface area contributed by atoms with Gasteiger partial charge in [-0.15, -0.1) is 10.2 Å². The number of likely N-dealkylation sites (tertiary alicyclic amines) is 1. The summed E-state index contributed by atoms with van der Waals surface area (Å²) >= 11 is 1.51. The van der Waals surface area contributed by atoms with Gasteiger partial charge < -0.3 is 5.73 Å². The van der Waals surface area contributed by atoms with Crippen LogP contribution in [0.4, 0.5) is 5.13 Å². The fraction of sp³-hybridized carbons (Fsp3) is 0.833. The minimum atomic E-state index is 0.582. The summed E-state index contributed by atoms with van der Waals surface area (Å²) in [5.41, 5.74) is 5.60. The molecule has 1 atom stereocenters. The van der Waals surface area contributed by atoms with Crippen molar-refractivity contribution in [1.29, 1.82) is 0 Å². The number of nitrogens with two attached hydrogens (primary N) is 1. The van der Waals surface area contributed by atoms with Crippen LogP contribution in [0, 0.1) is 5.92 Å². The Morgan fingerprint density at radius 3 is 2.94 bits per heavy atom. The van der Waals surface area contributed by atoms with Gasteiger partial charge in [-0.25, -0.2) is 0 Å². The van der Waals surface area contributed by atoms with Crippen molar-refractivity contribution < 1.29 is 0 Å². The average Bonchev–Trinajstić information content (AvgIpc) is 2.58. The molecule has 0 bridgehead atoms. The van der Waals surface area contributed by atoms with Gasteiger partial charge in [-0.2, -0.15) is 0 Å². The molecule has 17 heavy (non-hydrogen) atoms. The van der Waals surface area contributed by atoms with E-state index in [2.05, 4.69) is 22.0 Å². The van der Waals surface area contributed by atoms with E-state index in [4.69, 9.17) is 5.73 Å². The third-order valence-corrected chi connectivity index (χ3v) is 4.22. The highest BCUT2D eigenvalue weighted by Gasteiger charge is 2.17. The number of rotatable bonds is 4. The van der Waals surface area contributed by atoms with Crippen molar-refractivity contribution in [3.63, 3.8) is 0 Å². The second-order valence-corrected chi connectivity index (χ2v) is 5.99. The van der Waals surface area contributed by atoms with Gasteiger partial charge in [-0.05, 0) is 38.3 Å². The Morgan fingerprint density at radius 2 is 2.24 bits per heavy atom. The monoisotopic (exact) mass is 254 g/mol. The Kier molecular flexibility index (Phi) is 4.74. The van der Waals surface area contributed by atoms with E-state index in [-0.39, 0.29) is 0 Å². The van der Waals surface area contributed by atoms with Gasteiger partial charge in [0.1, 0.15) is 5.01 Å². The van der Waals surface area contributed by atoms with Crippen LogP contribution in [0.15, 0.2) is 0 Å². The second-order valence-electron chi connectivity index (χ2n) is 4.90. The highest BCUT2D eigenvalue weighted by Crippen LogP contribution is 2.23. The maximum absolute atomic E-state index is 5.60. The van der Waals surface area contributed by atoms with Crippen molar-refractivity contribution >= 4 is 16.5 Å². The first kappa shape index (κ1) is 12.8. The lowest BCUT2D eigenvalue weighted by Crippen LogP contribution is -2.24.